The van der Waals surface area contributed by atoms with E-state index in [9.17, 15) is 9.18 Å². The molecule has 1 aromatic rings. The highest BCUT2D eigenvalue weighted by molar-refractivity contribution is 5.76. The Morgan fingerprint density at radius 2 is 2.44 bits per heavy atom. The topological polar surface area (TPSA) is 35.5 Å². The van der Waals surface area contributed by atoms with Crippen LogP contribution in [-0.2, 0) is 16.0 Å². The van der Waals surface area contributed by atoms with Crippen LogP contribution < -0.4 is 4.74 Å². The van der Waals surface area contributed by atoms with Crippen molar-refractivity contribution in [2.75, 3.05) is 13.2 Å². The van der Waals surface area contributed by atoms with E-state index < -0.39 is 12.1 Å². The van der Waals surface area contributed by atoms with Crippen molar-refractivity contribution < 1.29 is 18.7 Å². The summed E-state index contributed by atoms with van der Waals surface area (Å²) in [5.41, 5.74) is 1.35. The van der Waals surface area contributed by atoms with Crippen molar-refractivity contribution in [3.8, 4) is 5.75 Å². The lowest BCUT2D eigenvalue weighted by Crippen LogP contribution is -2.11. The first-order chi connectivity index (χ1) is 7.72. The molecule has 0 N–H and O–H groups in total. The molecule has 0 saturated heterocycles. The molecule has 0 amide bonds. The predicted octanol–water partition coefficient (Wildman–Crippen LogP) is 2.20. The Morgan fingerprint density at radius 1 is 1.62 bits per heavy atom. The van der Waals surface area contributed by atoms with Gasteiger partial charge in [0.2, 0.25) is 6.17 Å². The van der Waals surface area contributed by atoms with Crippen LogP contribution in [0.2, 0.25) is 0 Å². The molecule has 0 saturated carbocycles. The summed E-state index contributed by atoms with van der Waals surface area (Å²) >= 11 is 0. The van der Waals surface area contributed by atoms with E-state index >= 15 is 0 Å². The van der Waals surface area contributed by atoms with Crippen LogP contribution in [0.25, 0.3) is 0 Å². The monoisotopic (exact) mass is 224 g/mol. The molecule has 0 bridgehead atoms. The molecule has 1 aliphatic heterocycles. The van der Waals surface area contributed by atoms with Gasteiger partial charge >= 0.3 is 5.97 Å². The number of carbonyl (C=O) groups excluding carboxylic acids is 1. The van der Waals surface area contributed by atoms with E-state index in [1.54, 1.807) is 25.1 Å². The van der Waals surface area contributed by atoms with E-state index in [0.29, 0.717) is 17.9 Å². The Kier molecular flexibility index (Phi) is 3.08. The van der Waals surface area contributed by atoms with E-state index in [0.717, 1.165) is 12.0 Å². The smallest absolute Gasteiger partial charge is 0.345 e. The Labute approximate surface area is 93.2 Å². The van der Waals surface area contributed by atoms with Crippen molar-refractivity contribution in [1.82, 2.24) is 0 Å². The Bertz CT molecular complexity index is 403. The van der Waals surface area contributed by atoms with Crippen LogP contribution in [0.3, 0.4) is 0 Å². The van der Waals surface area contributed by atoms with Gasteiger partial charge in [0.1, 0.15) is 5.75 Å². The predicted molar refractivity (Wildman–Crippen MR) is 56.1 cm³/mol. The highest BCUT2D eigenvalue weighted by Gasteiger charge is 2.23. The van der Waals surface area contributed by atoms with Crippen LogP contribution in [0.1, 0.15) is 24.2 Å². The van der Waals surface area contributed by atoms with Gasteiger partial charge in [-0.1, -0.05) is 12.1 Å². The van der Waals surface area contributed by atoms with Gasteiger partial charge in [-0.25, -0.2) is 9.18 Å². The summed E-state index contributed by atoms with van der Waals surface area (Å²) in [6.07, 6.45) is -0.888. The van der Waals surface area contributed by atoms with Gasteiger partial charge in [-0.3, -0.25) is 0 Å². The summed E-state index contributed by atoms with van der Waals surface area (Å²) in [4.78, 5) is 11.2. The van der Waals surface area contributed by atoms with E-state index in [1.807, 2.05) is 0 Å². The van der Waals surface area contributed by atoms with Gasteiger partial charge in [0.05, 0.1) is 13.2 Å². The van der Waals surface area contributed by atoms with Crippen molar-refractivity contribution in [2.45, 2.75) is 19.5 Å². The molecule has 0 radical (unpaired) electrons. The number of fused-ring (bicyclic) bond motifs is 1. The molecule has 0 fully saturated rings. The van der Waals surface area contributed by atoms with Gasteiger partial charge in [-0.15, -0.1) is 0 Å². The third-order valence-corrected chi connectivity index (χ3v) is 2.51. The number of hydrogen-bond donors (Lipinski definition) is 0. The summed E-state index contributed by atoms with van der Waals surface area (Å²) in [7, 11) is 0. The quantitative estimate of drug-likeness (QED) is 0.738. The fourth-order valence-electron chi connectivity index (χ4n) is 1.69. The van der Waals surface area contributed by atoms with Crippen LogP contribution in [0.4, 0.5) is 4.39 Å². The second-order valence-electron chi connectivity index (χ2n) is 3.58. The molecular formula is C12H13FO3. The van der Waals surface area contributed by atoms with E-state index in [2.05, 4.69) is 4.74 Å². The van der Waals surface area contributed by atoms with Crippen molar-refractivity contribution >= 4 is 5.97 Å². The number of rotatable bonds is 3. The first kappa shape index (κ1) is 10.9. The van der Waals surface area contributed by atoms with E-state index in [-0.39, 0.29) is 6.61 Å². The normalized spacial score (nSPS) is 15.1. The van der Waals surface area contributed by atoms with Crippen molar-refractivity contribution in [2.24, 2.45) is 0 Å². The summed E-state index contributed by atoms with van der Waals surface area (Å²) in [5, 5.41) is 0. The molecule has 86 valence electrons. The molecule has 1 heterocycles. The van der Waals surface area contributed by atoms with Crippen LogP contribution in [0, 0.1) is 0 Å². The number of esters is 1. The summed E-state index contributed by atoms with van der Waals surface area (Å²) in [6, 6.07) is 4.97. The van der Waals surface area contributed by atoms with Gasteiger partial charge in [0.15, 0.2) is 0 Å². The van der Waals surface area contributed by atoms with Gasteiger partial charge < -0.3 is 9.47 Å². The second kappa shape index (κ2) is 4.51. The van der Waals surface area contributed by atoms with Gasteiger partial charge in [0.25, 0.3) is 0 Å². The minimum atomic E-state index is -1.73. The number of carbonyl (C=O) groups is 1. The zero-order chi connectivity index (χ0) is 11.5. The molecular weight excluding hydrogens is 211 g/mol. The van der Waals surface area contributed by atoms with Crippen molar-refractivity contribution in [1.29, 1.82) is 0 Å². The maximum atomic E-state index is 13.7. The molecule has 0 aromatic heterocycles. The summed E-state index contributed by atoms with van der Waals surface area (Å²) < 4.78 is 23.6. The number of halogens is 1. The lowest BCUT2D eigenvalue weighted by atomic mass is 10.1. The molecule has 3 nitrogen and oxygen atoms in total. The Balaban J connectivity index is 2.18. The van der Waals surface area contributed by atoms with Crippen molar-refractivity contribution in [3.05, 3.63) is 29.3 Å². The first-order valence-electron chi connectivity index (χ1n) is 5.28. The van der Waals surface area contributed by atoms with Gasteiger partial charge in [-0.05, 0) is 18.6 Å². The minimum Gasteiger partial charge on any atom is -0.493 e. The second-order valence-corrected chi connectivity index (χ2v) is 3.58. The lowest BCUT2D eigenvalue weighted by molar-refractivity contribution is -0.149. The third kappa shape index (κ3) is 2.01. The highest BCUT2D eigenvalue weighted by atomic mass is 19.1. The molecule has 0 aliphatic carbocycles. The average Bonchev–Trinajstić information content (AvgIpc) is 2.75. The molecule has 4 heteroatoms. The minimum absolute atomic E-state index is 0.181. The van der Waals surface area contributed by atoms with Crippen molar-refractivity contribution in [3.63, 3.8) is 0 Å². The maximum Gasteiger partial charge on any atom is 0.345 e. The molecule has 0 spiro atoms. The average molecular weight is 224 g/mol. The Morgan fingerprint density at radius 3 is 3.19 bits per heavy atom. The zero-order valence-corrected chi connectivity index (χ0v) is 9.03. The summed E-state index contributed by atoms with van der Waals surface area (Å²) in [5.74, 6) is -0.176. The molecule has 1 unspecified atom stereocenters. The van der Waals surface area contributed by atoms with E-state index in [1.165, 1.54) is 0 Å². The molecule has 1 aromatic carbocycles. The van der Waals surface area contributed by atoms with Crippen LogP contribution in [-0.4, -0.2) is 19.2 Å². The maximum absolute atomic E-state index is 13.7. The molecule has 2 rings (SSSR count). The lowest BCUT2D eigenvalue weighted by Gasteiger charge is -2.08. The highest BCUT2D eigenvalue weighted by Crippen LogP contribution is 2.30. The Hall–Kier alpha value is -1.58. The number of benzene rings is 1. The fraction of sp³-hybridized carbons (Fsp3) is 0.417. The number of alkyl halides is 1. The molecule has 16 heavy (non-hydrogen) atoms. The fourth-order valence-corrected chi connectivity index (χ4v) is 1.69. The van der Waals surface area contributed by atoms with E-state index in [4.69, 9.17) is 4.74 Å². The largest absolute Gasteiger partial charge is 0.493 e. The SMILES string of the molecule is CCOC(=O)C(F)c1ccc2c(c1)OCC2. The van der Waals surface area contributed by atoms with Gasteiger partial charge in [-0.2, -0.15) is 0 Å². The number of ether oxygens (including phenoxy) is 2. The van der Waals surface area contributed by atoms with Gasteiger partial charge in [0, 0.05) is 12.0 Å². The third-order valence-electron chi connectivity index (χ3n) is 2.51. The standard InChI is InChI=1S/C12H13FO3/c1-2-15-12(14)11(13)9-4-3-8-5-6-16-10(8)7-9/h3-4,7,11H,2,5-6H2,1H3. The molecule has 1 atom stereocenters. The van der Waals surface area contributed by atoms with Crippen LogP contribution in [0.15, 0.2) is 18.2 Å². The molecule has 1 aliphatic rings. The number of hydrogen-bond acceptors (Lipinski definition) is 3. The first-order valence-corrected chi connectivity index (χ1v) is 5.28. The van der Waals surface area contributed by atoms with Crippen LogP contribution >= 0.6 is 0 Å². The van der Waals surface area contributed by atoms with Crippen LogP contribution in [0.5, 0.6) is 5.75 Å². The summed E-state index contributed by atoms with van der Waals surface area (Å²) in [6.45, 7) is 2.45. The zero-order valence-electron chi connectivity index (χ0n) is 9.03.